The second-order valence-corrected chi connectivity index (χ2v) is 5.44. The molecule has 0 spiro atoms. The maximum absolute atomic E-state index is 11.4. The van der Waals surface area contributed by atoms with E-state index in [1.165, 1.54) is 11.3 Å². The van der Waals surface area contributed by atoms with Crippen molar-refractivity contribution in [3.8, 4) is 0 Å². The lowest BCUT2D eigenvalue weighted by molar-refractivity contribution is -0.115. The Morgan fingerprint density at radius 1 is 1.56 bits per heavy atom. The summed E-state index contributed by atoms with van der Waals surface area (Å²) >= 11 is 2.87. The minimum atomic E-state index is -1.01. The highest BCUT2D eigenvalue weighted by Gasteiger charge is 2.15. The van der Waals surface area contributed by atoms with Gasteiger partial charge in [-0.05, 0) is 19.2 Å². The SMILES string of the molecule is CSCCC(=O)Nc1sc(C)cc1C(=O)O. The lowest BCUT2D eigenvalue weighted by Gasteiger charge is -2.02. The lowest BCUT2D eigenvalue weighted by atomic mass is 10.3. The largest absolute Gasteiger partial charge is 0.478 e. The molecule has 1 rings (SSSR count). The second-order valence-electron chi connectivity index (χ2n) is 3.20. The van der Waals surface area contributed by atoms with Crippen LogP contribution in [0.15, 0.2) is 6.07 Å². The predicted molar refractivity (Wildman–Crippen MR) is 67.6 cm³/mol. The summed E-state index contributed by atoms with van der Waals surface area (Å²) in [5, 5.41) is 12.0. The molecule has 0 aliphatic carbocycles. The van der Waals surface area contributed by atoms with Crippen LogP contribution in [0, 0.1) is 6.92 Å². The van der Waals surface area contributed by atoms with Crippen LogP contribution in [0.3, 0.4) is 0 Å². The molecule has 0 fully saturated rings. The summed E-state index contributed by atoms with van der Waals surface area (Å²) in [6.45, 7) is 1.81. The summed E-state index contributed by atoms with van der Waals surface area (Å²) in [5.74, 6) is -0.415. The summed E-state index contributed by atoms with van der Waals surface area (Å²) in [7, 11) is 0. The van der Waals surface area contributed by atoms with Gasteiger partial charge in [-0.25, -0.2) is 4.79 Å². The van der Waals surface area contributed by atoms with E-state index in [0.717, 1.165) is 10.6 Å². The molecule has 16 heavy (non-hydrogen) atoms. The van der Waals surface area contributed by atoms with Crippen LogP contribution in [0.4, 0.5) is 5.00 Å². The van der Waals surface area contributed by atoms with Crippen LogP contribution in [-0.2, 0) is 4.79 Å². The van der Waals surface area contributed by atoms with Gasteiger partial charge in [-0.3, -0.25) is 4.79 Å². The van der Waals surface area contributed by atoms with Gasteiger partial charge in [0, 0.05) is 17.1 Å². The van der Waals surface area contributed by atoms with Gasteiger partial charge in [0.2, 0.25) is 5.91 Å². The maximum atomic E-state index is 11.4. The van der Waals surface area contributed by atoms with E-state index in [4.69, 9.17) is 5.11 Å². The van der Waals surface area contributed by atoms with E-state index >= 15 is 0 Å². The highest BCUT2D eigenvalue weighted by atomic mass is 32.2. The van der Waals surface area contributed by atoms with Gasteiger partial charge in [-0.2, -0.15) is 11.8 Å². The van der Waals surface area contributed by atoms with E-state index in [2.05, 4.69) is 5.32 Å². The molecule has 0 unspecified atom stereocenters. The van der Waals surface area contributed by atoms with Crippen LogP contribution in [0.2, 0.25) is 0 Å². The van der Waals surface area contributed by atoms with Gasteiger partial charge in [0.05, 0.1) is 5.56 Å². The molecule has 4 nitrogen and oxygen atoms in total. The van der Waals surface area contributed by atoms with Gasteiger partial charge in [0.15, 0.2) is 0 Å². The zero-order chi connectivity index (χ0) is 12.1. The van der Waals surface area contributed by atoms with Crippen LogP contribution in [-0.4, -0.2) is 29.0 Å². The first-order valence-corrected chi connectivity index (χ1v) is 6.88. The molecule has 6 heteroatoms. The van der Waals surface area contributed by atoms with E-state index in [0.29, 0.717) is 11.4 Å². The van der Waals surface area contributed by atoms with Crippen molar-refractivity contribution in [3.05, 3.63) is 16.5 Å². The van der Waals surface area contributed by atoms with Crippen molar-refractivity contribution < 1.29 is 14.7 Å². The molecule has 0 bridgehead atoms. The highest BCUT2D eigenvalue weighted by molar-refractivity contribution is 7.98. The first-order valence-electron chi connectivity index (χ1n) is 4.67. The zero-order valence-corrected chi connectivity index (χ0v) is 10.7. The number of amides is 1. The fraction of sp³-hybridized carbons (Fsp3) is 0.400. The molecule has 1 amide bonds. The number of thiophene rings is 1. The molecule has 0 radical (unpaired) electrons. The Bertz CT molecular complexity index is 401. The molecule has 1 aromatic heterocycles. The van der Waals surface area contributed by atoms with Gasteiger partial charge in [0.25, 0.3) is 0 Å². The maximum Gasteiger partial charge on any atom is 0.338 e. The van der Waals surface area contributed by atoms with E-state index < -0.39 is 5.97 Å². The number of hydrogen-bond donors (Lipinski definition) is 2. The fourth-order valence-corrected chi connectivity index (χ4v) is 2.46. The average Bonchev–Trinajstić information content (AvgIpc) is 2.56. The number of carboxylic acids is 1. The molecular weight excluding hydrogens is 246 g/mol. The van der Waals surface area contributed by atoms with Crippen molar-refractivity contribution >= 4 is 40.0 Å². The molecule has 1 aromatic rings. The molecule has 0 saturated heterocycles. The number of aromatic carboxylic acids is 1. The number of carbonyl (C=O) groups excluding carboxylic acids is 1. The number of anilines is 1. The minimum Gasteiger partial charge on any atom is -0.478 e. The number of carbonyl (C=O) groups is 2. The summed E-state index contributed by atoms with van der Waals surface area (Å²) in [5.41, 5.74) is 0.167. The quantitative estimate of drug-likeness (QED) is 0.852. The topological polar surface area (TPSA) is 66.4 Å². The van der Waals surface area contributed by atoms with Crippen molar-refractivity contribution in [1.29, 1.82) is 0 Å². The zero-order valence-electron chi connectivity index (χ0n) is 9.07. The Hall–Kier alpha value is -1.01. The van der Waals surface area contributed by atoms with Gasteiger partial charge < -0.3 is 10.4 Å². The molecular formula is C10H13NO3S2. The highest BCUT2D eigenvalue weighted by Crippen LogP contribution is 2.27. The van der Waals surface area contributed by atoms with Crippen molar-refractivity contribution in [3.63, 3.8) is 0 Å². The minimum absolute atomic E-state index is 0.140. The van der Waals surface area contributed by atoms with Gasteiger partial charge in [-0.1, -0.05) is 0 Å². The van der Waals surface area contributed by atoms with Crippen molar-refractivity contribution in [2.45, 2.75) is 13.3 Å². The van der Waals surface area contributed by atoms with E-state index in [1.807, 2.05) is 13.2 Å². The molecule has 0 aliphatic heterocycles. The normalized spacial score (nSPS) is 10.1. The van der Waals surface area contributed by atoms with Gasteiger partial charge >= 0.3 is 5.97 Å². The first-order chi connectivity index (χ1) is 7.54. The Morgan fingerprint density at radius 2 is 2.25 bits per heavy atom. The van der Waals surface area contributed by atoms with Gasteiger partial charge in [0.1, 0.15) is 5.00 Å². The number of carboxylic acid groups (broad SMARTS) is 1. The molecule has 0 aliphatic rings. The van der Waals surface area contributed by atoms with Crippen LogP contribution in [0.5, 0.6) is 0 Å². The number of hydrogen-bond acceptors (Lipinski definition) is 4. The lowest BCUT2D eigenvalue weighted by Crippen LogP contribution is -2.13. The second kappa shape index (κ2) is 5.91. The van der Waals surface area contributed by atoms with Crippen LogP contribution >= 0.6 is 23.1 Å². The Labute approximate surface area is 102 Å². The fourth-order valence-electron chi connectivity index (χ4n) is 1.15. The first kappa shape index (κ1) is 13.1. The van der Waals surface area contributed by atoms with Crippen molar-refractivity contribution in [2.24, 2.45) is 0 Å². The third-order valence-electron chi connectivity index (χ3n) is 1.87. The summed E-state index contributed by atoms with van der Waals surface area (Å²) < 4.78 is 0. The van der Waals surface area contributed by atoms with E-state index in [-0.39, 0.29) is 11.5 Å². The number of aryl methyl sites for hydroxylation is 1. The molecule has 0 atom stereocenters. The number of rotatable bonds is 5. The van der Waals surface area contributed by atoms with Crippen LogP contribution < -0.4 is 5.32 Å². The summed E-state index contributed by atoms with van der Waals surface area (Å²) in [6, 6.07) is 1.57. The van der Waals surface area contributed by atoms with Crippen molar-refractivity contribution in [1.82, 2.24) is 0 Å². The Kier molecular flexibility index (Phi) is 4.82. The summed E-state index contributed by atoms with van der Waals surface area (Å²) in [6.07, 6.45) is 2.32. The molecule has 88 valence electrons. The van der Waals surface area contributed by atoms with E-state index in [9.17, 15) is 9.59 Å². The van der Waals surface area contributed by atoms with Gasteiger partial charge in [-0.15, -0.1) is 11.3 Å². The van der Waals surface area contributed by atoms with Crippen molar-refractivity contribution in [2.75, 3.05) is 17.3 Å². The monoisotopic (exact) mass is 259 g/mol. The predicted octanol–water partition coefficient (Wildman–Crippen LogP) is 2.45. The average molecular weight is 259 g/mol. The third-order valence-corrected chi connectivity index (χ3v) is 3.45. The third kappa shape index (κ3) is 3.53. The Balaban J connectivity index is 2.72. The molecule has 0 saturated carbocycles. The molecule has 1 heterocycles. The summed E-state index contributed by atoms with van der Waals surface area (Å²) in [4.78, 5) is 23.2. The van der Waals surface area contributed by atoms with E-state index in [1.54, 1.807) is 17.8 Å². The molecule has 0 aromatic carbocycles. The van der Waals surface area contributed by atoms with Crippen LogP contribution in [0.25, 0.3) is 0 Å². The smallest absolute Gasteiger partial charge is 0.338 e. The standard InChI is InChI=1S/C10H13NO3S2/c1-6-5-7(10(13)14)9(16-6)11-8(12)3-4-15-2/h5H,3-4H2,1-2H3,(H,11,12)(H,13,14). The Morgan fingerprint density at radius 3 is 2.81 bits per heavy atom. The number of thioether (sulfide) groups is 1. The molecule has 2 N–H and O–H groups in total. The van der Waals surface area contributed by atoms with Crippen LogP contribution in [0.1, 0.15) is 21.7 Å². The number of nitrogens with one attached hydrogen (secondary N) is 1.